The van der Waals surface area contributed by atoms with E-state index in [1.165, 1.54) is 19.3 Å². The second kappa shape index (κ2) is 3.25. The number of epoxide rings is 1. The van der Waals surface area contributed by atoms with E-state index in [2.05, 4.69) is 4.74 Å². The van der Waals surface area contributed by atoms with E-state index in [0.717, 1.165) is 0 Å². The number of aliphatic hydroxyl groups excluding tert-OH is 1. The van der Waals surface area contributed by atoms with Crippen LogP contribution in [-0.4, -0.2) is 36.5 Å². The van der Waals surface area contributed by atoms with Gasteiger partial charge in [-0.3, -0.25) is 0 Å². The van der Waals surface area contributed by atoms with Gasteiger partial charge in [0.25, 0.3) is 0 Å². The van der Waals surface area contributed by atoms with Crippen molar-refractivity contribution in [2.75, 3.05) is 13.7 Å². The van der Waals surface area contributed by atoms with E-state index >= 15 is 0 Å². The summed E-state index contributed by atoms with van der Waals surface area (Å²) in [5.74, 6) is -0.474. The molecule has 4 heteroatoms. The Hall–Kier alpha value is -0.870. The van der Waals surface area contributed by atoms with Gasteiger partial charge in [0.2, 0.25) is 0 Å². The van der Waals surface area contributed by atoms with Crippen LogP contribution >= 0.6 is 0 Å². The number of aliphatic hydroxyl groups is 1. The standard InChI is InChI=1S/C8H12O4/c1-8(5-12-8)6(9)3-4-7(10)11-2/h3-4,6,9H,5H2,1-2H3/b4-3+/t6-,8-/m0/s1. The Morgan fingerprint density at radius 3 is 2.83 bits per heavy atom. The van der Waals surface area contributed by atoms with Gasteiger partial charge in [-0.1, -0.05) is 0 Å². The SMILES string of the molecule is COC(=O)/C=C/[C@H](O)[C@]1(C)CO1. The van der Waals surface area contributed by atoms with Gasteiger partial charge in [0.15, 0.2) is 0 Å². The van der Waals surface area contributed by atoms with Crippen molar-refractivity contribution in [3.8, 4) is 0 Å². The highest BCUT2D eigenvalue weighted by Gasteiger charge is 2.45. The summed E-state index contributed by atoms with van der Waals surface area (Å²) in [5.41, 5.74) is -0.496. The molecular weight excluding hydrogens is 160 g/mol. The summed E-state index contributed by atoms with van der Waals surface area (Å²) in [4.78, 5) is 10.6. The molecule has 0 unspecified atom stereocenters. The number of hydrogen-bond acceptors (Lipinski definition) is 4. The lowest BCUT2D eigenvalue weighted by Crippen LogP contribution is -2.24. The van der Waals surface area contributed by atoms with Crippen LogP contribution in [0.25, 0.3) is 0 Å². The van der Waals surface area contributed by atoms with Gasteiger partial charge in [-0.15, -0.1) is 0 Å². The Labute approximate surface area is 70.8 Å². The van der Waals surface area contributed by atoms with Crippen molar-refractivity contribution >= 4 is 5.97 Å². The summed E-state index contributed by atoms with van der Waals surface area (Å²) in [6, 6.07) is 0. The molecule has 4 nitrogen and oxygen atoms in total. The van der Waals surface area contributed by atoms with Crippen LogP contribution in [0.5, 0.6) is 0 Å². The normalized spacial score (nSPS) is 30.2. The first-order valence-electron chi connectivity index (χ1n) is 3.67. The third kappa shape index (κ3) is 2.06. The van der Waals surface area contributed by atoms with Crippen molar-refractivity contribution in [2.45, 2.75) is 18.6 Å². The molecule has 1 aliphatic rings. The van der Waals surface area contributed by atoms with E-state index in [1.807, 2.05) is 0 Å². The highest BCUT2D eigenvalue weighted by Crippen LogP contribution is 2.30. The first kappa shape index (κ1) is 9.22. The first-order chi connectivity index (χ1) is 5.58. The molecule has 68 valence electrons. The number of hydrogen-bond donors (Lipinski definition) is 1. The zero-order valence-electron chi connectivity index (χ0n) is 7.11. The Morgan fingerprint density at radius 2 is 2.42 bits per heavy atom. The van der Waals surface area contributed by atoms with Gasteiger partial charge in [-0.25, -0.2) is 4.79 Å². The predicted molar refractivity (Wildman–Crippen MR) is 41.5 cm³/mol. The van der Waals surface area contributed by atoms with Crippen LogP contribution in [0.4, 0.5) is 0 Å². The summed E-state index contributed by atoms with van der Waals surface area (Å²) in [6.07, 6.45) is 1.83. The largest absolute Gasteiger partial charge is 0.466 e. The lowest BCUT2D eigenvalue weighted by Gasteiger charge is -2.08. The van der Waals surface area contributed by atoms with E-state index < -0.39 is 17.7 Å². The topological polar surface area (TPSA) is 59.1 Å². The van der Waals surface area contributed by atoms with Crippen LogP contribution in [0.1, 0.15) is 6.92 Å². The molecular formula is C8H12O4. The van der Waals surface area contributed by atoms with E-state index in [1.54, 1.807) is 6.92 Å². The van der Waals surface area contributed by atoms with Crippen molar-refractivity contribution < 1.29 is 19.4 Å². The molecule has 2 atom stereocenters. The lowest BCUT2D eigenvalue weighted by molar-refractivity contribution is -0.134. The summed E-state index contributed by atoms with van der Waals surface area (Å²) in [5, 5.41) is 9.37. The molecule has 1 rings (SSSR count). The summed E-state index contributed by atoms with van der Waals surface area (Å²) >= 11 is 0. The molecule has 12 heavy (non-hydrogen) atoms. The number of carbonyl (C=O) groups excluding carboxylic acids is 1. The molecule has 0 aliphatic carbocycles. The van der Waals surface area contributed by atoms with Crippen LogP contribution in [0.2, 0.25) is 0 Å². The third-order valence-corrected chi connectivity index (χ3v) is 1.84. The summed E-state index contributed by atoms with van der Waals surface area (Å²) in [7, 11) is 1.29. The minimum Gasteiger partial charge on any atom is -0.466 e. The second-order valence-electron chi connectivity index (χ2n) is 2.93. The number of esters is 1. The quantitative estimate of drug-likeness (QED) is 0.366. The third-order valence-electron chi connectivity index (χ3n) is 1.84. The highest BCUT2D eigenvalue weighted by molar-refractivity contribution is 5.81. The van der Waals surface area contributed by atoms with Crippen molar-refractivity contribution in [1.29, 1.82) is 0 Å². The van der Waals surface area contributed by atoms with Crippen molar-refractivity contribution in [3.63, 3.8) is 0 Å². The number of methoxy groups -OCH3 is 1. The van der Waals surface area contributed by atoms with E-state index in [9.17, 15) is 9.90 Å². The maximum atomic E-state index is 10.6. The van der Waals surface area contributed by atoms with Crippen molar-refractivity contribution in [2.24, 2.45) is 0 Å². The van der Waals surface area contributed by atoms with E-state index in [4.69, 9.17) is 4.74 Å². The van der Waals surface area contributed by atoms with Gasteiger partial charge in [-0.05, 0) is 13.0 Å². The highest BCUT2D eigenvalue weighted by atomic mass is 16.6. The molecule has 0 bridgehead atoms. The molecule has 1 fully saturated rings. The average molecular weight is 172 g/mol. The van der Waals surface area contributed by atoms with E-state index in [0.29, 0.717) is 6.61 Å². The second-order valence-corrected chi connectivity index (χ2v) is 2.93. The minimum atomic E-state index is -0.739. The van der Waals surface area contributed by atoms with Crippen LogP contribution in [0.15, 0.2) is 12.2 Å². The fourth-order valence-corrected chi connectivity index (χ4v) is 0.726. The Morgan fingerprint density at radius 1 is 1.83 bits per heavy atom. The van der Waals surface area contributed by atoms with Crippen LogP contribution in [-0.2, 0) is 14.3 Å². The van der Waals surface area contributed by atoms with Gasteiger partial charge in [0.1, 0.15) is 11.7 Å². The van der Waals surface area contributed by atoms with Gasteiger partial charge in [0.05, 0.1) is 13.7 Å². The fraction of sp³-hybridized carbons (Fsp3) is 0.625. The number of carbonyl (C=O) groups is 1. The number of ether oxygens (including phenoxy) is 2. The van der Waals surface area contributed by atoms with Crippen LogP contribution < -0.4 is 0 Å². The smallest absolute Gasteiger partial charge is 0.330 e. The Balaban J connectivity index is 2.40. The molecule has 1 saturated heterocycles. The molecule has 0 aromatic carbocycles. The maximum absolute atomic E-state index is 10.6. The summed E-state index contributed by atoms with van der Waals surface area (Å²) < 4.78 is 9.33. The zero-order valence-corrected chi connectivity index (χ0v) is 7.11. The van der Waals surface area contributed by atoms with Crippen molar-refractivity contribution in [1.82, 2.24) is 0 Å². The summed E-state index contributed by atoms with van der Waals surface area (Å²) in [6.45, 7) is 2.30. The van der Waals surface area contributed by atoms with Gasteiger partial charge in [-0.2, -0.15) is 0 Å². The van der Waals surface area contributed by atoms with E-state index in [-0.39, 0.29) is 0 Å². The molecule has 0 saturated carbocycles. The maximum Gasteiger partial charge on any atom is 0.330 e. The fourth-order valence-electron chi connectivity index (χ4n) is 0.726. The lowest BCUT2D eigenvalue weighted by atomic mass is 10.1. The minimum absolute atomic E-state index is 0.474. The Kier molecular flexibility index (Phi) is 2.49. The molecule has 1 heterocycles. The molecule has 0 radical (unpaired) electrons. The Bertz CT molecular complexity index is 205. The number of rotatable bonds is 3. The molecule has 0 spiro atoms. The van der Waals surface area contributed by atoms with Gasteiger partial charge in [0, 0.05) is 6.08 Å². The first-order valence-corrected chi connectivity index (χ1v) is 3.67. The molecule has 1 aliphatic heterocycles. The monoisotopic (exact) mass is 172 g/mol. The molecule has 0 amide bonds. The zero-order chi connectivity index (χ0) is 9.19. The van der Waals surface area contributed by atoms with Crippen molar-refractivity contribution in [3.05, 3.63) is 12.2 Å². The molecule has 1 N–H and O–H groups in total. The van der Waals surface area contributed by atoms with Gasteiger partial charge >= 0.3 is 5.97 Å². The average Bonchev–Trinajstić information content (AvgIpc) is 2.80. The molecule has 0 aromatic rings. The van der Waals surface area contributed by atoms with Crippen LogP contribution in [0.3, 0.4) is 0 Å². The predicted octanol–water partition coefficient (Wildman–Crippen LogP) is -0.135. The van der Waals surface area contributed by atoms with Gasteiger partial charge < -0.3 is 14.6 Å². The molecule has 0 aromatic heterocycles. The van der Waals surface area contributed by atoms with Crippen LogP contribution in [0, 0.1) is 0 Å².